The molecule has 0 atom stereocenters. The molecule has 2 aromatic carbocycles. The van der Waals surface area contributed by atoms with E-state index >= 15 is 0 Å². The number of carbonyl (C=O) groups is 1. The van der Waals surface area contributed by atoms with Gasteiger partial charge in [-0.15, -0.1) is 0 Å². The van der Waals surface area contributed by atoms with Crippen LogP contribution in [0.1, 0.15) is 49.6 Å². The lowest BCUT2D eigenvalue weighted by atomic mass is 10.1. The van der Waals surface area contributed by atoms with Crippen molar-refractivity contribution in [3.63, 3.8) is 0 Å². The molecule has 3 heterocycles. The molecule has 0 bridgehead atoms. The first kappa shape index (κ1) is 22.3. The highest BCUT2D eigenvalue weighted by atomic mass is 32.2. The van der Waals surface area contributed by atoms with Crippen molar-refractivity contribution in [2.75, 3.05) is 0 Å². The van der Waals surface area contributed by atoms with Crippen LogP contribution in [0.2, 0.25) is 0 Å². The molecule has 1 N–H and O–H groups in total. The van der Waals surface area contributed by atoms with Gasteiger partial charge >= 0.3 is 0 Å². The van der Waals surface area contributed by atoms with Gasteiger partial charge in [-0.3, -0.25) is 10.2 Å². The summed E-state index contributed by atoms with van der Waals surface area (Å²) in [6, 6.07) is 16.7. The van der Waals surface area contributed by atoms with Crippen LogP contribution in [0.25, 0.3) is 22.5 Å². The molecule has 5 rings (SSSR count). The van der Waals surface area contributed by atoms with Gasteiger partial charge in [0.05, 0.1) is 11.3 Å². The van der Waals surface area contributed by atoms with Gasteiger partial charge in [0.1, 0.15) is 5.04 Å². The number of benzene rings is 2. The van der Waals surface area contributed by atoms with E-state index in [0.717, 1.165) is 53.4 Å². The lowest BCUT2D eigenvalue weighted by Gasteiger charge is -2.20. The zero-order valence-electron chi connectivity index (χ0n) is 19.6. The number of aryl methyl sites for hydroxylation is 1. The van der Waals surface area contributed by atoms with Crippen molar-refractivity contribution in [1.29, 1.82) is 5.41 Å². The first-order valence-electron chi connectivity index (χ1n) is 11.6. The normalized spacial score (nSPS) is 16.9. The largest absolute Gasteiger partial charge is 0.317 e. The minimum Gasteiger partial charge on any atom is -0.317 e. The van der Waals surface area contributed by atoms with Crippen molar-refractivity contribution < 1.29 is 4.79 Å². The van der Waals surface area contributed by atoms with Crippen molar-refractivity contribution in [1.82, 2.24) is 9.58 Å². The molecule has 3 aromatic rings. The molecule has 172 valence electrons. The summed E-state index contributed by atoms with van der Waals surface area (Å²) in [6.45, 7) is 6.27. The summed E-state index contributed by atoms with van der Waals surface area (Å²) in [4.78, 5) is 17.1. The van der Waals surface area contributed by atoms with Crippen LogP contribution in [0.15, 0.2) is 64.2 Å². The number of amides is 1. The van der Waals surface area contributed by atoms with E-state index < -0.39 is 0 Å². The quantitative estimate of drug-likeness (QED) is 0.333. The third kappa shape index (κ3) is 3.90. The number of carbonyl (C=O) groups excluding carboxylic acids is 1. The molecule has 0 spiro atoms. The van der Waals surface area contributed by atoms with E-state index in [-0.39, 0.29) is 17.3 Å². The molecule has 1 aromatic heterocycles. The van der Waals surface area contributed by atoms with Gasteiger partial charge in [0.15, 0.2) is 5.84 Å². The molecule has 0 aliphatic carbocycles. The monoisotopic (exact) mass is 469 g/mol. The summed E-state index contributed by atoms with van der Waals surface area (Å²) in [5, 5.41) is 18.5. The standard InChI is InChI=1S/C27H27N5OS/c1-4-5-6-14-24-30-32-25(28)22(26(33)29-27(32)34-24)16-20-15-17(2)31(18(20)3)23-13-9-11-19-10-7-8-12-21(19)23/h7-13,15-16,28H,4-6,14H2,1-3H3/b22-16+,28-25?. The van der Waals surface area contributed by atoms with Gasteiger partial charge in [-0.1, -0.05) is 56.2 Å². The highest BCUT2D eigenvalue weighted by Gasteiger charge is 2.35. The average molecular weight is 470 g/mol. The Kier molecular flexibility index (Phi) is 5.96. The number of thioether (sulfide) groups is 1. The Morgan fingerprint density at radius 3 is 2.71 bits per heavy atom. The first-order chi connectivity index (χ1) is 16.5. The van der Waals surface area contributed by atoms with Gasteiger partial charge in [-0.25, -0.2) is 0 Å². The number of rotatable bonds is 6. The number of amidine groups is 2. The molecule has 1 amide bonds. The number of fused-ring (bicyclic) bond motifs is 2. The maximum Gasteiger partial charge on any atom is 0.283 e. The number of unbranched alkanes of at least 4 members (excludes halogenated alkanes) is 2. The Balaban J connectivity index is 1.50. The van der Waals surface area contributed by atoms with Crippen LogP contribution >= 0.6 is 11.8 Å². The summed E-state index contributed by atoms with van der Waals surface area (Å²) in [5.74, 6) is -0.299. The molecule has 0 radical (unpaired) electrons. The Hall–Kier alpha value is -3.45. The molecule has 34 heavy (non-hydrogen) atoms. The minimum atomic E-state index is -0.385. The van der Waals surface area contributed by atoms with Crippen LogP contribution < -0.4 is 0 Å². The number of hydrogen-bond donors (Lipinski definition) is 1. The van der Waals surface area contributed by atoms with E-state index in [2.05, 4.69) is 64.9 Å². The summed E-state index contributed by atoms with van der Waals surface area (Å²) >= 11 is 1.40. The molecule has 0 unspecified atom stereocenters. The zero-order chi connectivity index (χ0) is 23.8. The van der Waals surface area contributed by atoms with Crippen molar-refractivity contribution >= 4 is 50.6 Å². The van der Waals surface area contributed by atoms with E-state index in [0.29, 0.717) is 5.17 Å². The molecular formula is C27H27N5OS. The fraction of sp³-hybridized carbons (Fsp3) is 0.259. The summed E-state index contributed by atoms with van der Waals surface area (Å²) in [6.07, 6.45) is 5.96. The molecule has 0 fully saturated rings. The average Bonchev–Trinajstić information content (AvgIpc) is 3.36. The molecule has 2 aliphatic rings. The lowest BCUT2D eigenvalue weighted by Crippen LogP contribution is -2.35. The van der Waals surface area contributed by atoms with Crippen molar-refractivity contribution in [2.45, 2.75) is 46.5 Å². The van der Waals surface area contributed by atoms with E-state index in [4.69, 9.17) is 5.41 Å². The molecule has 0 saturated carbocycles. The van der Waals surface area contributed by atoms with Crippen molar-refractivity contribution in [3.05, 3.63) is 71.1 Å². The fourth-order valence-corrected chi connectivity index (χ4v) is 5.45. The predicted octanol–water partition coefficient (Wildman–Crippen LogP) is 6.45. The predicted molar refractivity (Wildman–Crippen MR) is 142 cm³/mol. The SMILES string of the molecule is CCCCCC1=NN2C(=N)/C(=C\c3cc(C)n(-c4cccc5ccccc45)c3C)C(=O)N=C2S1. The third-order valence-corrected chi connectivity index (χ3v) is 7.24. The summed E-state index contributed by atoms with van der Waals surface area (Å²) in [5.41, 5.74) is 4.33. The van der Waals surface area contributed by atoms with Crippen LogP contribution in [-0.4, -0.2) is 31.5 Å². The second-order valence-corrected chi connectivity index (χ2v) is 9.67. The summed E-state index contributed by atoms with van der Waals surface area (Å²) in [7, 11) is 0. The maximum atomic E-state index is 12.9. The topological polar surface area (TPSA) is 73.8 Å². The maximum absolute atomic E-state index is 12.9. The molecule has 0 saturated heterocycles. The minimum absolute atomic E-state index is 0.0861. The highest BCUT2D eigenvalue weighted by molar-refractivity contribution is 8.26. The second kappa shape index (κ2) is 9.06. The molecular weight excluding hydrogens is 442 g/mol. The van der Waals surface area contributed by atoms with Gasteiger partial charge in [-0.05, 0) is 67.6 Å². The number of nitrogens with one attached hydrogen (secondary N) is 1. The van der Waals surface area contributed by atoms with Gasteiger partial charge in [0.2, 0.25) is 5.17 Å². The highest BCUT2D eigenvalue weighted by Crippen LogP contribution is 2.32. The Morgan fingerprint density at radius 2 is 1.88 bits per heavy atom. The van der Waals surface area contributed by atoms with Crippen LogP contribution in [0.3, 0.4) is 0 Å². The number of aliphatic imine (C=N–C) groups is 1. The molecule has 7 heteroatoms. The number of aromatic nitrogens is 1. The van der Waals surface area contributed by atoms with Gasteiger partial charge in [0, 0.05) is 16.8 Å². The lowest BCUT2D eigenvalue weighted by molar-refractivity contribution is -0.114. The number of hydrazone groups is 1. The second-order valence-electron chi connectivity index (χ2n) is 8.63. The Morgan fingerprint density at radius 1 is 1.09 bits per heavy atom. The fourth-order valence-electron chi connectivity index (χ4n) is 4.52. The molecule has 2 aliphatic heterocycles. The third-order valence-electron chi connectivity index (χ3n) is 6.27. The van der Waals surface area contributed by atoms with Crippen molar-refractivity contribution in [3.8, 4) is 5.69 Å². The first-order valence-corrected chi connectivity index (χ1v) is 12.5. The van der Waals surface area contributed by atoms with E-state index in [1.807, 2.05) is 19.1 Å². The van der Waals surface area contributed by atoms with Gasteiger partial charge in [0.25, 0.3) is 5.91 Å². The number of hydrogen-bond acceptors (Lipinski definition) is 4. The van der Waals surface area contributed by atoms with Crippen LogP contribution in [0.5, 0.6) is 0 Å². The van der Waals surface area contributed by atoms with E-state index in [1.54, 1.807) is 6.08 Å². The van der Waals surface area contributed by atoms with Crippen molar-refractivity contribution in [2.24, 2.45) is 10.1 Å². The molecule has 6 nitrogen and oxygen atoms in total. The number of nitrogens with zero attached hydrogens (tertiary/aromatic N) is 4. The Bertz CT molecular complexity index is 1410. The smallest absolute Gasteiger partial charge is 0.283 e. The zero-order valence-corrected chi connectivity index (χ0v) is 20.4. The Labute approximate surface area is 203 Å². The van der Waals surface area contributed by atoms with E-state index in [9.17, 15) is 4.79 Å². The van der Waals surface area contributed by atoms with Gasteiger partial charge < -0.3 is 4.57 Å². The summed E-state index contributed by atoms with van der Waals surface area (Å²) < 4.78 is 2.20. The van der Waals surface area contributed by atoms with Gasteiger partial charge in [-0.2, -0.15) is 15.1 Å². The van der Waals surface area contributed by atoms with E-state index in [1.165, 1.54) is 27.5 Å². The van der Waals surface area contributed by atoms with Crippen LogP contribution in [0.4, 0.5) is 0 Å². The van der Waals surface area contributed by atoms with Crippen LogP contribution in [0, 0.1) is 19.3 Å². The van der Waals surface area contributed by atoms with Crippen LogP contribution in [-0.2, 0) is 4.79 Å².